The van der Waals surface area contributed by atoms with Gasteiger partial charge in [-0.15, -0.1) is 0 Å². The van der Waals surface area contributed by atoms with Gasteiger partial charge in [-0.1, -0.05) is 32.9 Å². The van der Waals surface area contributed by atoms with Gasteiger partial charge < -0.3 is 20.3 Å². The summed E-state index contributed by atoms with van der Waals surface area (Å²) < 4.78 is 5.88. The van der Waals surface area contributed by atoms with Gasteiger partial charge in [0.1, 0.15) is 12.4 Å². The summed E-state index contributed by atoms with van der Waals surface area (Å²) in [6, 6.07) is 8.48. The molecule has 1 aliphatic rings. The molecule has 27 heavy (non-hydrogen) atoms. The standard InChI is InChI=1S/C21H34N4O2/c1-6-22-20(24-17-10-11-19(26)25(5)15-17)23-12-13-27-18-9-7-8-16(14-18)21(2,3)4/h7-9,14,17H,6,10-13,15H2,1-5H3,(H2,22,23,24). The van der Waals surface area contributed by atoms with Crippen LogP contribution >= 0.6 is 0 Å². The molecular formula is C21H34N4O2. The Balaban J connectivity index is 1.85. The van der Waals surface area contributed by atoms with Crippen LogP contribution in [0.5, 0.6) is 5.75 Å². The molecule has 6 nitrogen and oxygen atoms in total. The Labute approximate surface area is 163 Å². The van der Waals surface area contributed by atoms with Crippen molar-refractivity contribution >= 4 is 11.9 Å². The zero-order valence-electron chi connectivity index (χ0n) is 17.3. The molecule has 1 aromatic carbocycles. The Kier molecular flexibility index (Phi) is 7.51. The van der Waals surface area contributed by atoms with Gasteiger partial charge in [0.15, 0.2) is 5.96 Å². The SMILES string of the molecule is CCNC(=NCCOc1cccc(C(C)(C)C)c1)NC1CCC(=O)N(C)C1. The minimum Gasteiger partial charge on any atom is -0.492 e. The lowest BCUT2D eigenvalue weighted by atomic mass is 9.87. The van der Waals surface area contributed by atoms with Crippen LogP contribution < -0.4 is 15.4 Å². The van der Waals surface area contributed by atoms with Crippen LogP contribution in [0.15, 0.2) is 29.3 Å². The van der Waals surface area contributed by atoms with Crippen molar-refractivity contribution in [3.05, 3.63) is 29.8 Å². The molecule has 1 aromatic rings. The molecule has 1 heterocycles. The van der Waals surface area contributed by atoms with Crippen LogP contribution in [0.25, 0.3) is 0 Å². The van der Waals surface area contributed by atoms with E-state index in [1.807, 2.05) is 26.1 Å². The Bertz CT molecular complexity index is 652. The zero-order valence-corrected chi connectivity index (χ0v) is 17.3. The molecule has 0 radical (unpaired) electrons. The third-order valence-corrected chi connectivity index (χ3v) is 4.64. The van der Waals surface area contributed by atoms with E-state index >= 15 is 0 Å². The van der Waals surface area contributed by atoms with Gasteiger partial charge in [0.05, 0.1) is 6.54 Å². The number of benzene rings is 1. The molecule has 2 rings (SSSR count). The number of likely N-dealkylation sites (tertiary alicyclic amines) is 1. The fraction of sp³-hybridized carbons (Fsp3) is 0.619. The first-order valence-corrected chi connectivity index (χ1v) is 9.81. The quantitative estimate of drug-likeness (QED) is 0.456. The van der Waals surface area contributed by atoms with E-state index in [1.54, 1.807) is 4.90 Å². The molecule has 0 saturated carbocycles. The molecule has 2 N–H and O–H groups in total. The number of hydrogen-bond acceptors (Lipinski definition) is 3. The fourth-order valence-electron chi connectivity index (χ4n) is 3.02. The lowest BCUT2D eigenvalue weighted by Gasteiger charge is -2.31. The normalized spacial score (nSPS) is 18.4. The Hall–Kier alpha value is -2.24. The van der Waals surface area contributed by atoms with Gasteiger partial charge in [-0.25, -0.2) is 4.99 Å². The van der Waals surface area contributed by atoms with E-state index in [-0.39, 0.29) is 17.4 Å². The monoisotopic (exact) mass is 374 g/mol. The van der Waals surface area contributed by atoms with Gasteiger partial charge in [-0.2, -0.15) is 0 Å². The lowest BCUT2D eigenvalue weighted by Crippen LogP contribution is -2.51. The number of ether oxygens (including phenoxy) is 1. The zero-order chi connectivity index (χ0) is 19.9. The van der Waals surface area contributed by atoms with E-state index in [1.165, 1.54) is 5.56 Å². The summed E-state index contributed by atoms with van der Waals surface area (Å²) in [5, 5.41) is 6.69. The number of carbonyl (C=O) groups is 1. The van der Waals surface area contributed by atoms with Gasteiger partial charge in [0.25, 0.3) is 0 Å². The second-order valence-corrected chi connectivity index (χ2v) is 8.04. The van der Waals surface area contributed by atoms with E-state index in [2.05, 4.69) is 48.5 Å². The van der Waals surface area contributed by atoms with Crippen molar-refractivity contribution in [2.24, 2.45) is 4.99 Å². The van der Waals surface area contributed by atoms with Crippen molar-refractivity contribution in [2.75, 3.05) is 33.3 Å². The second-order valence-electron chi connectivity index (χ2n) is 8.04. The van der Waals surface area contributed by atoms with Crippen LogP contribution in [-0.2, 0) is 10.2 Å². The summed E-state index contributed by atoms with van der Waals surface area (Å²) in [6.45, 7) is 11.2. The van der Waals surface area contributed by atoms with Crippen molar-refractivity contribution in [1.29, 1.82) is 0 Å². The van der Waals surface area contributed by atoms with E-state index in [9.17, 15) is 4.79 Å². The van der Waals surface area contributed by atoms with E-state index in [4.69, 9.17) is 4.74 Å². The number of nitrogens with zero attached hydrogens (tertiary/aromatic N) is 2. The van der Waals surface area contributed by atoms with Crippen LogP contribution in [0.1, 0.15) is 46.1 Å². The third-order valence-electron chi connectivity index (χ3n) is 4.64. The van der Waals surface area contributed by atoms with Gasteiger partial charge >= 0.3 is 0 Å². The molecule has 0 bridgehead atoms. The average Bonchev–Trinajstić information content (AvgIpc) is 2.61. The molecule has 1 unspecified atom stereocenters. The van der Waals surface area contributed by atoms with Crippen LogP contribution in [0.2, 0.25) is 0 Å². The molecule has 6 heteroatoms. The summed E-state index contributed by atoms with van der Waals surface area (Å²) in [7, 11) is 1.85. The highest BCUT2D eigenvalue weighted by Crippen LogP contribution is 2.25. The first-order chi connectivity index (χ1) is 12.8. The van der Waals surface area contributed by atoms with Crippen molar-refractivity contribution in [1.82, 2.24) is 15.5 Å². The number of carbonyl (C=O) groups excluding carboxylic acids is 1. The Morgan fingerprint density at radius 2 is 2.15 bits per heavy atom. The highest BCUT2D eigenvalue weighted by molar-refractivity contribution is 5.81. The molecule has 0 aromatic heterocycles. The van der Waals surface area contributed by atoms with E-state index in [0.717, 1.165) is 24.7 Å². The summed E-state index contributed by atoms with van der Waals surface area (Å²) in [6.07, 6.45) is 1.42. The van der Waals surface area contributed by atoms with Crippen molar-refractivity contribution < 1.29 is 9.53 Å². The predicted octanol–water partition coefficient (Wildman–Crippen LogP) is 2.54. The second kappa shape index (κ2) is 9.62. The summed E-state index contributed by atoms with van der Waals surface area (Å²) in [5.74, 6) is 1.86. The number of aliphatic imine (C=N–C) groups is 1. The van der Waals surface area contributed by atoms with Gasteiger partial charge in [-0.05, 0) is 36.5 Å². The number of piperidine rings is 1. The third kappa shape index (κ3) is 6.77. The lowest BCUT2D eigenvalue weighted by molar-refractivity contribution is -0.132. The van der Waals surface area contributed by atoms with Crippen molar-refractivity contribution in [3.63, 3.8) is 0 Å². The topological polar surface area (TPSA) is 66.0 Å². The number of amides is 1. The molecule has 1 amide bonds. The number of likely N-dealkylation sites (N-methyl/N-ethyl adjacent to an activating group) is 1. The predicted molar refractivity (Wildman–Crippen MR) is 110 cm³/mol. The van der Waals surface area contributed by atoms with Crippen LogP contribution in [0.3, 0.4) is 0 Å². The summed E-state index contributed by atoms with van der Waals surface area (Å²) in [5.41, 5.74) is 1.36. The molecule has 1 atom stereocenters. The maximum Gasteiger partial charge on any atom is 0.222 e. The first-order valence-electron chi connectivity index (χ1n) is 9.81. The van der Waals surface area contributed by atoms with Crippen LogP contribution in [0.4, 0.5) is 0 Å². The highest BCUT2D eigenvalue weighted by Gasteiger charge is 2.23. The fourth-order valence-corrected chi connectivity index (χ4v) is 3.02. The molecular weight excluding hydrogens is 340 g/mol. The minimum atomic E-state index is 0.105. The molecule has 0 spiro atoms. The van der Waals surface area contributed by atoms with E-state index in [0.29, 0.717) is 26.1 Å². The maximum atomic E-state index is 11.6. The Morgan fingerprint density at radius 1 is 1.37 bits per heavy atom. The van der Waals surface area contributed by atoms with Crippen molar-refractivity contribution in [3.8, 4) is 5.75 Å². The smallest absolute Gasteiger partial charge is 0.222 e. The minimum absolute atomic E-state index is 0.105. The van der Waals surface area contributed by atoms with Gasteiger partial charge in [0.2, 0.25) is 5.91 Å². The number of rotatable bonds is 6. The molecule has 0 aliphatic carbocycles. The average molecular weight is 375 g/mol. The number of nitrogens with one attached hydrogen (secondary N) is 2. The summed E-state index contributed by atoms with van der Waals surface area (Å²) in [4.78, 5) is 18.0. The number of hydrogen-bond donors (Lipinski definition) is 2. The van der Waals surface area contributed by atoms with Gasteiger partial charge in [0, 0.05) is 32.6 Å². The Morgan fingerprint density at radius 3 is 2.81 bits per heavy atom. The largest absolute Gasteiger partial charge is 0.492 e. The maximum absolute atomic E-state index is 11.6. The highest BCUT2D eigenvalue weighted by atomic mass is 16.5. The first kappa shape index (κ1) is 21.1. The number of guanidine groups is 1. The summed E-state index contributed by atoms with van der Waals surface area (Å²) >= 11 is 0. The molecule has 1 fully saturated rings. The van der Waals surface area contributed by atoms with Crippen molar-refractivity contribution in [2.45, 2.75) is 52.0 Å². The molecule has 1 aliphatic heterocycles. The molecule has 150 valence electrons. The molecule has 1 saturated heterocycles. The van der Waals surface area contributed by atoms with Crippen LogP contribution in [0, 0.1) is 0 Å². The van der Waals surface area contributed by atoms with Crippen LogP contribution in [-0.4, -0.2) is 56.1 Å². The van der Waals surface area contributed by atoms with E-state index < -0.39 is 0 Å². The van der Waals surface area contributed by atoms with Gasteiger partial charge in [-0.3, -0.25) is 4.79 Å².